The fraction of sp³-hybridized carbons (Fsp3) is 0.200. The molecule has 1 heterocycles. The maximum atomic E-state index is 12.3. The monoisotopic (exact) mass is 334 g/mol. The number of amides is 1. The van der Waals surface area contributed by atoms with Gasteiger partial charge < -0.3 is 10.2 Å². The third-order valence-electron chi connectivity index (χ3n) is 4.03. The summed E-state index contributed by atoms with van der Waals surface area (Å²) in [6, 6.07) is 17.7. The van der Waals surface area contributed by atoms with Gasteiger partial charge in [-0.1, -0.05) is 18.2 Å². The molecule has 128 valence electrons. The van der Waals surface area contributed by atoms with Crippen molar-refractivity contribution >= 4 is 11.6 Å². The average Bonchev–Trinajstić information content (AvgIpc) is 3.17. The average molecular weight is 334 g/mol. The van der Waals surface area contributed by atoms with Crippen LogP contribution in [0.15, 0.2) is 67.0 Å². The Morgan fingerprint density at radius 1 is 1.12 bits per heavy atom. The highest BCUT2D eigenvalue weighted by Crippen LogP contribution is 2.13. The Kier molecular flexibility index (Phi) is 5.14. The Morgan fingerprint density at radius 3 is 2.60 bits per heavy atom. The number of nitrogens with one attached hydrogen (secondary N) is 1. The van der Waals surface area contributed by atoms with Gasteiger partial charge in [0.25, 0.3) is 5.91 Å². The van der Waals surface area contributed by atoms with Crippen LogP contribution in [0.5, 0.6) is 0 Å². The van der Waals surface area contributed by atoms with Crippen LogP contribution in [0, 0.1) is 0 Å². The number of nitrogens with zero attached hydrogens (tertiary/aromatic N) is 3. The smallest absolute Gasteiger partial charge is 0.251 e. The minimum Gasteiger partial charge on any atom is -0.378 e. The van der Waals surface area contributed by atoms with Crippen molar-refractivity contribution in [3.05, 3.63) is 78.1 Å². The van der Waals surface area contributed by atoms with E-state index in [1.165, 1.54) is 5.56 Å². The molecule has 0 atom stereocenters. The first-order valence-corrected chi connectivity index (χ1v) is 8.28. The van der Waals surface area contributed by atoms with Gasteiger partial charge in [-0.2, -0.15) is 5.10 Å². The van der Waals surface area contributed by atoms with E-state index < -0.39 is 0 Å². The molecule has 3 aromatic rings. The van der Waals surface area contributed by atoms with Gasteiger partial charge in [0.15, 0.2) is 0 Å². The van der Waals surface area contributed by atoms with Crippen molar-refractivity contribution in [1.29, 1.82) is 0 Å². The Balaban J connectivity index is 1.54. The van der Waals surface area contributed by atoms with Crippen LogP contribution >= 0.6 is 0 Å². The summed E-state index contributed by atoms with van der Waals surface area (Å²) < 4.78 is 1.82. The lowest BCUT2D eigenvalue weighted by Gasteiger charge is -2.13. The van der Waals surface area contributed by atoms with Gasteiger partial charge in [-0.25, -0.2) is 4.68 Å². The molecule has 0 aliphatic heterocycles. The molecule has 1 aromatic heterocycles. The van der Waals surface area contributed by atoms with Crippen molar-refractivity contribution < 1.29 is 4.79 Å². The zero-order valence-electron chi connectivity index (χ0n) is 14.5. The molecular weight excluding hydrogens is 312 g/mol. The maximum Gasteiger partial charge on any atom is 0.251 e. The summed E-state index contributed by atoms with van der Waals surface area (Å²) in [6.07, 6.45) is 4.46. The molecule has 0 radical (unpaired) electrons. The largest absolute Gasteiger partial charge is 0.378 e. The van der Waals surface area contributed by atoms with Crippen LogP contribution < -0.4 is 10.2 Å². The molecule has 1 amide bonds. The van der Waals surface area contributed by atoms with Crippen molar-refractivity contribution in [2.45, 2.75) is 6.42 Å². The fourth-order valence-corrected chi connectivity index (χ4v) is 2.58. The second kappa shape index (κ2) is 7.66. The number of carbonyl (C=O) groups excluding carboxylic acids is 1. The Hall–Kier alpha value is -3.08. The summed E-state index contributed by atoms with van der Waals surface area (Å²) in [6.45, 7) is 0.603. The molecule has 1 N–H and O–H groups in total. The number of rotatable bonds is 6. The van der Waals surface area contributed by atoms with Crippen LogP contribution in [0.3, 0.4) is 0 Å². The molecule has 0 saturated heterocycles. The molecule has 0 aliphatic carbocycles. The van der Waals surface area contributed by atoms with E-state index >= 15 is 0 Å². The number of hydrogen-bond acceptors (Lipinski definition) is 3. The van der Waals surface area contributed by atoms with E-state index in [0.29, 0.717) is 12.1 Å². The number of aromatic nitrogens is 2. The number of anilines is 1. The van der Waals surface area contributed by atoms with Crippen molar-refractivity contribution in [2.24, 2.45) is 0 Å². The zero-order chi connectivity index (χ0) is 17.6. The van der Waals surface area contributed by atoms with E-state index in [1.807, 2.05) is 72.3 Å². The number of hydrogen-bond donors (Lipinski definition) is 1. The molecule has 0 bridgehead atoms. The predicted molar refractivity (Wildman–Crippen MR) is 100 cm³/mol. The highest BCUT2D eigenvalue weighted by molar-refractivity contribution is 5.95. The quantitative estimate of drug-likeness (QED) is 0.754. The number of carbonyl (C=O) groups is 1. The molecule has 0 aliphatic rings. The summed E-state index contributed by atoms with van der Waals surface area (Å²) in [4.78, 5) is 14.3. The van der Waals surface area contributed by atoms with E-state index in [2.05, 4.69) is 22.5 Å². The lowest BCUT2D eigenvalue weighted by molar-refractivity contribution is 0.0954. The fourth-order valence-electron chi connectivity index (χ4n) is 2.58. The first-order valence-electron chi connectivity index (χ1n) is 8.28. The Morgan fingerprint density at radius 2 is 1.92 bits per heavy atom. The van der Waals surface area contributed by atoms with Crippen molar-refractivity contribution in [3.63, 3.8) is 0 Å². The van der Waals surface area contributed by atoms with Crippen LogP contribution in [0.1, 0.15) is 15.9 Å². The van der Waals surface area contributed by atoms with Gasteiger partial charge in [0.1, 0.15) is 0 Å². The summed E-state index contributed by atoms with van der Waals surface area (Å²) in [5.74, 6) is -0.0446. The lowest BCUT2D eigenvalue weighted by Crippen LogP contribution is -2.26. The minimum absolute atomic E-state index is 0.0446. The van der Waals surface area contributed by atoms with Crippen molar-refractivity contribution in [1.82, 2.24) is 15.1 Å². The van der Waals surface area contributed by atoms with Gasteiger partial charge in [-0.05, 0) is 48.4 Å². The van der Waals surface area contributed by atoms with E-state index in [9.17, 15) is 4.79 Å². The van der Waals surface area contributed by atoms with Gasteiger partial charge in [-0.15, -0.1) is 0 Å². The van der Waals surface area contributed by atoms with E-state index in [-0.39, 0.29) is 5.91 Å². The van der Waals surface area contributed by atoms with Crippen LogP contribution in [0.25, 0.3) is 5.69 Å². The van der Waals surface area contributed by atoms with Crippen LogP contribution in [-0.2, 0) is 6.42 Å². The molecule has 0 fully saturated rings. The van der Waals surface area contributed by atoms with Crippen molar-refractivity contribution in [2.75, 3.05) is 25.5 Å². The van der Waals surface area contributed by atoms with Gasteiger partial charge in [0, 0.05) is 44.3 Å². The molecular formula is C20H22N4O. The van der Waals surface area contributed by atoms with Crippen molar-refractivity contribution in [3.8, 4) is 5.69 Å². The molecule has 0 saturated carbocycles. The second-order valence-corrected chi connectivity index (χ2v) is 6.07. The highest BCUT2D eigenvalue weighted by Gasteiger charge is 2.06. The van der Waals surface area contributed by atoms with Gasteiger partial charge in [0.05, 0.1) is 5.69 Å². The predicted octanol–water partition coefficient (Wildman–Crippen LogP) is 2.91. The third kappa shape index (κ3) is 4.26. The van der Waals surface area contributed by atoms with E-state index in [1.54, 1.807) is 6.20 Å². The zero-order valence-corrected chi connectivity index (χ0v) is 14.5. The topological polar surface area (TPSA) is 50.2 Å². The summed E-state index contributed by atoms with van der Waals surface area (Å²) >= 11 is 0. The Bertz CT molecular complexity index is 823. The minimum atomic E-state index is -0.0446. The SMILES string of the molecule is CN(C)c1cccc(C(=O)NCCc2ccc(-n3cccn3)cc2)c1. The highest BCUT2D eigenvalue weighted by atomic mass is 16.1. The molecule has 3 rings (SSSR count). The lowest BCUT2D eigenvalue weighted by atomic mass is 10.1. The van der Waals surface area contributed by atoms with E-state index in [0.717, 1.165) is 17.8 Å². The van der Waals surface area contributed by atoms with Crippen LogP contribution in [-0.4, -0.2) is 36.3 Å². The van der Waals surface area contributed by atoms with Gasteiger partial charge in [0.2, 0.25) is 0 Å². The summed E-state index contributed by atoms with van der Waals surface area (Å²) in [7, 11) is 3.92. The standard InChI is InChI=1S/C20H22N4O/c1-23(2)19-6-3-5-17(15-19)20(25)21-13-11-16-7-9-18(10-8-16)24-14-4-12-22-24/h3-10,12,14-15H,11,13H2,1-2H3,(H,21,25). The molecule has 2 aromatic carbocycles. The number of benzene rings is 2. The normalized spacial score (nSPS) is 10.5. The van der Waals surface area contributed by atoms with Gasteiger partial charge >= 0.3 is 0 Å². The second-order valence-electron chi connectivity index (χ2n) is 6.07. The summed E-state index contributed by atoms with van der Waals surface area (Å²) in [5, 5.41) is 7.19. The third-order valence-corrected chi connectivity index (χ3v) is 4.03. The van der Waals surface area contributed by atoms with E-state index in [4.69, 9.17) is 0 Å². The molecule has 0 unspecified atom stereocenters. The first-order chi connectivity index (χ1) is 12.1. The van der Waals surface area contributed by atoms with Crippen LogP contribution in [0.4, 0.5) is 5.69 Å². The summed E-state index contributed by atoms with van der Waals surface area (Å²) in [5.41, 5.74) is 3.90. The molecule has 5 heteroatoms. The Labute approximate surface area is 147 Å². The molecule has 5 nitrogen and oxygen atoms in total. The van der Waals surface area contributed by atoms with Gasteiger partial charge in [-0.3, -0.25) is 4.79 Å². The molecule has 0 spiro atoms. The molecule has 25 heavy (non-hydrogen) atoms. The maximum absolute atomic E-state index is 12.3. The van der Waals surface area contributed by atoms with Crippen LogP contribution in [0.2, 0.25) is 0 Å². The first kappa shape index (κ1) is 16.8.